The quantitative estimate of drug-likeness (QED) is 0.273. The molecule has 7 rings (SSSR count). The van der Waals surface area contributed by atoms with Gasteiger partial charge in [-0.15, -0.1) is 0 Å². The Bertz CT molecular complexity index is 1680. The average molecular weight is 409 g/mol. The molecule has 3 heterocycles. The van der Waals surface area contributed by atoms with Crippen LogP contribution in [-0.2, 0) is 0 Å². The van der Waals surface area contributed by atoms with Gasteiger partial charge in [-0.2, -0.15) is 0 Å². The zero-order valence-electron chi connectivity index (χ0n) is 14.3. The van der Waals surface area contributed by atoms with Gasteiger partial charge >= 0.3 is 0 Å². The number of aromatic nitrogens is 2. The summed E-state index contributed by atoms with van der Waals surface area (Å²) in [6.45, 7) is 0. The van der Waals surface area contributed by atoms with Crippen LogP contribution < -0.4 is 0 Å². The van der Waals surface area contributed by atoms with Crippen molar-refractivity contribution in [2.75, 3.05) is 0 Å². The molecule has 0 radical (unpaired) electrons. The minimum absolute atomic E-state index is 1.11. The molecular formula is C24H13BrN2. The zero-order valence-corrected chi connectivity index (χ0v) is 15.8. The standard InChI is InChI=1S/C24H13BrN2/c25-17-12-13-6-5-9-15-14-7-1-3-10-18(14)27-19-11-4-2-8-16(19)22-24(27)21(20(13)15)23(17)26-22/h1-12,26H. The number of halogens is 1. The number of hydrogen-bond donors (Lipinski definition) is 1. The number of benzene rings is 4. The number of rotatable bonds is 0. The van der Waals surface area contributed by atoms with Gasteiger partial charge in [0.25, 0.3) is 0 Å². The van der Waals surface area contributed by atoms with Crippen LogP contribution in [-0.4, -0.2) is 9.38 Å². The average Bonchev–Trinajstić information content (AvgIpc) is 3.19. The van der Waals surface area contributed by atoms with Gasteiger partial charge in [-0.25, -0.2) is 0 Å². The lowest BCUT2D eigenvalue weighted by molar-refractivity contribution is 1.36. The second-order valence-electron chi connectivity index (χ2n) is 7.23. The highest BCUT2D eigenvalue weighted by molar-refractivity contribution is 9.10. The van der Waals surface area contributed by atoms with Crippen LogP contribution >= 0.6 is 15.9 Å². The normalized spacial score (nSPS) is 12.6. The summed E-state index contributed by atoms with van der Waals surface area (Å²) in [6.07, 6.45) is 0. The maximum atomic E-state index is 3.81. The largest absolute Gasteiger partial charge is 0.352 e. The Labute approximate surface area is 162 Å². The van der Waals surface area contributed by atoms with Crippen LogP contribution in [0.2, 0.25) is 0 Å². The van der Waals surface area contributed by atoms with E-state index in [4.69, 9.17) is 0 Å². The van der Waals surface area contributed by atoms with Crippen LogP contribution in [0, 0.1) is 0 Å². The molecule has 0 saturated carbocycles. The molecule has 7 aromatic rings. The summed E-state index contributed by atoms with van der Waals surface area (Å²) in [5.74, 6) is 0. The Morgan fingerprint density at radius 3 is 2.22 bits per heavy atom. The summed E-state index contributed by atoms with van der Waals surface area (Å²) in [7, 11) is 0. The van der Waals surface area contributed by atoms with Gasteiger partial charge in [0.1, 0.15) is 0 Å². The maximum Gasteiger partial charge on any atom is 0.0805 e. The van der Waals surface area contributed by atoms with E-state index in [2.05, 4.69) is 98.1 Å². The SMILES string of the molecule is Brc1cc2cccc3c4ccccc4n4c5ccccc5c5[nH]c1c(c23)c54. The van der Waals surface area contributed by atoms with Crippen molar-refractivity contribution in [3.8, 4) is 0 Å². The van der Waals surface area contributed by atoms with Crippen LogP contribution in [0.5, 0.6) is 0 Å². The predicted octanol–water partition coefficient (Wildman–Crippen LogP) is 7.23. The van der Waals surface area contributed by atoms with E-state index in [1.165, 1.54) is 59.9 Å². The summed E-state index contributed by atoms with van der Waals surface area (Å²) in [5, 5.41) is 7.74. The lowest BCUT2D eigenvalue weighted by Crippen LogP contribution is -1.83. The first-order chi connectivity index (χ1) is 13.3. The van der Waals surface area contributed by atoms with Gasteiger partial charge in [0.15, 0.2) is 0 Å². The minimum atomic E-state index is 1.11. The Balaban J connectivity index is 2.07. The summed E-state index contributed by atoms with van der Waals surface area (Å²) in [4.78, 5) is 3.73. The number of fused-ring (bicyclic) bond motifs is 6. The Morgan fingerprint density at radius 1 is 0.667 bits per heavy atom. The molecule has 27 heavy (non-hydrogen) atoms. The maximum absolute atomic E-state index is 3.81. The van der Waals surface area contributed by atoms with Crippen molar-refractivity contribution in [2.24, 2.45) is 0 Å². The number of nitrogens with zero attached hydrogens (tertiary/aromatic N) is 1. The molecule has 4 aromatic carbocycles. The predicted molar refractivity (Wildman–Crippen MR) is 118 cm³/mol. The van der Waals surface area contributed by atoms with E-state index in [0.29, 0.717) is 0 Å². The van der Waals surface area contributed by atoms with Crippen molar-refractivity contribution in [1.82, 2.24) is 9.38 Å². The highest BCUT2D eigenvalue weighted by Gasteiger charge is 2.21. The third-order valence-corrected chi connectivity index (χ3v) is 6.54. The molecule has 0 saturated heterocycles. The minimum Gasteiger partial charge on any atom is -0.352 e. The van der Waals surface area contributed by atoms with E-state index in [9.17, 15) is 0 Å². The van der Waals surface area contributed by atoms with E-state index < -0.39 is 0 Å². The topological polar surface area (TPSA) is 20.2 Å². The van der Waals surface area contributed by atoms with Gasteiger partial charge in [0, 0.05) is 26.0 Å². The third-order valence-electron chi connectivity index (χ3n) is 5.91. The van der Waals surface area contributed by atoms with Gasteiger partial charge < -0.3 is 9.38 Å². The summed E-state index contributed by atoms with van der Waals surface area (Å²) >= 11 is 3.81. The molecule has 0 unspecified atom stereocenters. The van der Waals surface area contributed by atoms with E-state index in [0.717, 1.165) is 4.47 Å². The second-order valence-corrected chi connectivity index (χ2v) is 8.08. The van der Waals surface area contributed by atoms with Gasteiger partial charge in [-0.3, -0.25) is 0 Å². The highest BCUT2D eigenvalue weighted by atomic mass is 79.9. The molecule has 0 amide bonds. The Kier molecular flexibility index (Phi) is 2.41. The second kappa shape index (κ2) is 4.62. The molecule has 2 nitrogen and oxygen atoms in total. The highest BCUT2D eigenvalue weighted by Crippen LogP contribution is 2.44. The molecule has 0 atom stereocenters. The summed E-state index contributed by atoms with van der Waals surface area (Å²) in [5.41, 5.74) is 6.14. The van der Waals surface area contributed by atoms with Crippen molar-refractivity contribution in [2.45, 2.75) is 0 Å². The number of H-pyrrole nitrogens is 1. The van der Waals surface area contributed by atoms with Gasteiger partial charge in [-0.05, 0) is 44.9 Å². The molecule has 1 N–H and O–H groups in total. The van der Waals surface area contributed by atoms with E-state index in [1.807, 2.05) is 0 Å². The van der Waals surface area contributed by atoms with Crippen LogP contribution in [0.1, 0.15) is 0 Å². The van der Waals surface area contributed by atoms with Crippen molar-refractivity contribution in [3.05, 3.63) is 77.3 Å². The van der Waals surface area contributed by atoms with Crippen molar-refractivity contribution in [1.29, 1.82) is 0 Å². The van der Waals surface area contributed by atoms with Crippen molar-refractivity contribution in [3.63, 3.8) is 0 Å². The Morgan fingerprint density at radius 2 is 1.37 bits per heavy atom. The number of aromatic amines is 1. The van der Waals surface area contributed by atoms with Gasteiger partial charge in [-0.1, -0.05) is 54.6 Å². The molecule has 0 aliphatic rings. The lowest BCUT2D eigenvalue weighted by Gasteiger charge is -2.04. The summed E-state index contributed by atoms with van der Waals surface area (Å²) < 4.78 is 3.55. The summed E-state index contributed by atoms with van der Waals surface area (Å²) in [6, 6.07) is 26.3. The molecule has 3 heteroatoms. The number of hydrogen-bond acceptors (Lipinski definition) is 0. The van der Waals surface area contributed by atoms with E-state index in [1.54, 1.807) is 0 Å². The molecule has 0 aliphatic heterocycles. The fourth-order valence-electron chi connectivity index (χ4n) is 4.88. The van der Waals surface area contributed by atoms with Crippen LogP contribution in [0.4, 0.5) is 0 Å². The van der Waals surface area contributed by atoms with Crippen molar-refractivity contribution >= 4 is 75.8 Å². The first-order valence-electron chi connectivity index (χ1n) is 9.09. The van der Waals surface area contributed by atoms with Gasteiger partial charge in [0.2, 0.25) is 0 Å². The first kappa shape index (κ1) is 14.1. The van der Waals surface area contributed by atoms with E-state index in [-0.39, 0.29) is 0 Å². The molecule has 0 spiro atoms. The zero-order chi connectivity index (χ0) is 17.7. The van der Waals surface area contributed by atoms with E-state index >= 15 is 0 Å². The molecule has 3 aromatic heterocycles. The van der Waals surface area contributed by atoms with Crippen LogP contribution in [0.15, 0.2) is 77.3 Å². The first-order valence-corrected chi connectivity index (χ1v) is 9.88. The fraction of sp³-hybridized carbons (Fsp3) is 0. The third kappa shape index (κ3) is 1.54. The van der Waals surface area contributed by atoms with Gasteiger partial charge in [0.05, 0.1) is 27.6 Å². The monoisotopic (exact) mass is 408 g/mol. The molecule has 0 fully saturated rings. The Hall–Kier alpha value is -3.04. The van der Waals surface area contributed by atoms with Crippen molar-refractivity contribution < 1.29 is 0 Å². The smallest absolute Gasteiger partial charge is 0.0805 e. The lowest BCUT2D eigenvalue weighted by atomic mass is 10.0. The number of nitrogens with one attached hydrogen (secondary N) is 1. The molecule has 0 aliphatic carbocycles. The fourth-order valence-corrected chi connectivity index (χ4v) is 5.42. The van der Waals surface area contributed by atoms with Crippen LogP contribution in [0.3, 0.4) is 0 Å². The molecular weight excluding hydrogens is 396 g/mol. The molecule has 0 bridgehead atoms. The molecule has 126 valence electrons. The van der Waals surface area contributed by atoms with Crippen LogP contribution in [0.25, 0.3) is 59.9 Å². The number of para-hydroxylation sites is 2.